The van der Waals surface area contributed by atoms with Crippen LogP contribution in [0.3, 0.4) is 0 Å². The standard InChI is InChI=1S/C24H31NO4/c1-23(2,3)16-6-8-17(9-7-16)24(12-13-24)22(27)25-15-20(26)19-14-18(28-4)10-11-21(19)29-5/h6-11,14,20,26H,12-13,15H2,1-5H3,(H,25,27). The molecule has 1 aliphatic rings. The van der Waals surface area contributed by atoms with Gasteiger partial charge >= 0.3 is 0 Å². The van der Waals surface area contributed by atoms with Crippen LogP contribution in [0.4, 0.5) is 0 Å². The number of aliphatic hydroxyl groups excluding tert-OH is 1. The van der Waals surface area contributed by atoms with Crippen LogP contribution in [0.1, 0.15) is 56.4 Å². The van der Waals surface area contributed by atoms with Crippen LogP contribution in [-0.4, -0.2) is 31.8 Å². The van der Waals surface area contributed by atoms with E-state index >= 15 is 0 Å². The molecule has 1 atom stereocenters. The highest BCUT2D eigenvalue weighted by molar-refractivity contribution is 5.91. The van der Waals surface area contributed by atoms with Crippen molar-refractivity contribution in [3.63, 3.8) is 0 Å². The molecule has 29 heavy (non-hydrogen) atoms. The molecule has 1 saturated carbocycles. The van der Waals surface area contributed by atoms with Crippen molar-refractivity contribution in [2.75, 3.05) is 20.8 Å². The van der Waals surface area contributed by atoms with E-state index in [0.29, 0.717) is 17.1 Å². The number of aliphatic hydroxyl groups is 1. The minimum atomic E-state index is -0.886. The second kappa shape index (κ2) is 8.07. The van der Waals surface area contributed by atoms with Crippen LogP contribution >= 0.6 is 0 Å². The second-order valence-electron chi connectivity index (χ2n) is 8.74. The summed E-state index contributed by atoms with van der Waals surface area (Å²) in [6, 6.07) is 13.6. The van der Waals surface area contributed by atoms with Gasteiger partial charge in [0.2, 0.25) is 5.91 Å². The molecule has 1 amide bonds. The zero-order valence-corrected chi connectivity index (χ0v) is 17.9. The van der Waals surface area contributed by atoms with Gasteiger partial charge in [0, 0.05) is 12.1 Å². The molecule has 1 unspecified atom stereocenters. The van der Waals surface area contributed by atoms with E-state index in [1.54, 1.807) is 32.4 Å². The fourth-order valence-corrected chi connectivity index (χ4v) is 3.63. The number of hydrogen-bond acceptors (Lipinski definition) is 4. The van der Waals surface area contributed by atoms with Crippen LogP contribution in [0.25, 0.3) is 0 Å². The molecule has 0 spiro atoms. The summed E-state index contributed by atoms with van der Waals surface area (Å²) in [7, 11) is 3.12. The van der Waals surface area contributed by atoms with Gasteiger partial charge in [-0.15, -0.1) is 0 Å². The number of rotatable bonds is 7. The maximum atomic E-state index is 12.9. The van der Waals surface area contributed by atoms with Crippen molar-refractivity contribution in [2.45, 2.75) is 50.5 Å². The SMILES string of the molecule is COc1ccc(OC)c(C(O)CNC(=O)C2(c3ccc(C(C)(C)C)cc3)CC2)c1. The van der Waals surface area contributed by atoms with Crippen molar-refractivity contribution in [1.82, 2.24) is 5.32 Å². The third kappa shape index (κ3) is 4.40. The molecule has 0 aromatic heterocycles. The van der Waals surface area contributed by atoms with Crippen molar-refractivity contribution in [3.05, 3.63) is 59.2 Å². The Morgan fingerprint density at radius 1 is 1.10 bits per heavy atom. The molecule has 2 aromatic carbocycles. The minimum absolute atomic E-state index is 0.0399. The van der Waals surface area contributed by atoms with Gasteiger partial charge in [0.25, 0.3) is 0 Å². The molecule has 0 radical (unpaired) electrons. The summed E-state index contributed by atoms with van der Waals surface area (Å²) in [6.07, 6.45) is 0.765. The predicted octanol–water partition coefficient (Wildman–Crippen LogP) is 3.88. The Hall–Kier alpha value is -2.53. The summed E-state index contributed by atoms with van der Waals surface area (Å²) in [5, 5.41) is 13.6. The average Bonchev–Trinajstić information content (AvgIpc) is 3.52. The van der Waals surface area contributed by atoms with Gasteiger partial charge in [0.1, 0.15) is 11.5 Å². The number of carbonyl (C=O) groups excluding carboxylic acids is 1. The van der Waals surface area contributed by atoms with Gasteiger partial charge < -0.3 is 19.9 Å². The first-order valence-electron chi connectivity index (χ1n) is 10.0. The Bertz CT molecular complexity index is 863. The third-order valence-electron chi connectivity index (χ3n) is 5.74. The third-order valence-corrected chi connectivity index (χ3v) is 5.74. The number of benzene rings is 2. The highest BCUT2D eigenvalue weighted by Crippen LogP contribution is 2.48. The zero-order valence-electron chi connectivity index (χ0n) is 17.9. The van der Waals surface area contributed by atoms with E-state index in [0.717, 1.165) is 18.4 Å². The summed E-state index contributed by atoms with van der Waals surface area (Å²) in [5.41, 5.74) is 2.48. The fourth-order valence-electron chi connectivity index (χ4n) is 3.63. The molecule has 0 heterocycles. The molecule has 5 nitrogen and oxygen atoms in total. The van der Waals surface area contributed by atoms with E-state index in [9.17, 15) is 9.90 Å². The average molecular weight is 398 g/mol. The summed E-state index contributed by atoms with van der Waals surface area (Å²) in [4.78, 5) is 12.9. The predicted molar refractivity (Wildman–Crippen MR) is 114 cm³/mol. The number of nitrogens with one attached hydrogen (secondary N) is 1. The van der Waals surface area contributed by atoms with Crippen molar-refractivity contribution in [3.8, 4) is 11.5 Å². The highest BCUT2D eigenvalue weighted by Gasteiger charge is 2.51. The number of carbonyl (C=O) groups is 1. The summed E-state index contributed by atoms with van der Waals surface area (Å²) >= 11 is 0. The van der Waals surface area contributed by atoms with Crippen molar-refractivity contribution in [1.29, 1.82) is 0 Å². The Labute approximate surface area is 173 Å². The molecule has 5 heteroatoms. The zero-order chi connectivity index (χ0) is 21.2. The molecule has 1 aliphatic carbocycles. The second-order valence-corrected chi connectivity index (χ2v) is 8.74. The smallest absolute Gasteiger partial charge is 0.230 e. The Balaban J connectivity index is 1.69. The van der Waals surface area contributed by atoms with Gasteiger partial charge in [-0.3, -0.25) is 4.79 Å². The lowest BCUT2D eigenvalue weighted by Crippen LogP contribution is -2.37. The molecule has 0 saturated heterocycles. The number of amides is 1. The van der Waals surface area contributed by atoms with E-state index in [1.807, 2.05) is 0 Å². The Kier molecular flexibility index (Phi) is 5.90. The fraction of sp³-hybridized carbons (Fsp3) is 0.458. The first-order valence-corrected chi connectivity index (χ1v) is 10.0. The van der Waals surface area contributed by atoms with Gasteiger partial charge in [-0.05, 0) is 47.6 Å². The quantitative estimate of drug-likeness (QED) is 0.744. The lowest BCUT2D eigenvalue weighted by molar-refractivity contribution is -0.124. The van der Waals surface area contributed by atoms with E-state index in [2.05, 4.69) is 50.4 Å². The first kappa shape index (κ1) is 21.2. The van der Waals surface area contributed by atoms with Crippen LogP contribution < -0.4 is 14.8 Å². The van der Waals surface area contributed by atoms with E-state index in [-0.39, 0.29) is 17.9 Å². The molecular weight excluding hydrogens is 366 g/mol. The lowest BCUT2D eigenvalue weighted by Gasteiger charge is -2.22. The molecule has 3 rings (SSSR count). The van der Waals surface area contributed by atoms with Crippen LogP contribution in [0.15, 0.2) is 42.5 Å². The van der Waals surface area contributed by atoms with Crippen molar-refractivity contribution >= 4 is 5.91 Å². The topological polar surface area (TPSA) is 67.8 Å². The molecule has 0 aliphatic heterocycles. The Morgan fingerprint density at radius 3 is 2.28 bits per heavy atom. The first-order chi connectivity index (χ1) is 13.7. The maximum Gasteiger partial charge on any atom is 0.230 e. The summed E-state index contributed by atoms with van der Waals surface area (Å²) in [5.74, 6) is 1.15. The van der Waals surface area contributed by atoms with Gasteiger partial charge in [-0.1, -0.05) is 45.0 Å². The van der Waals surface area contributed by atoms with Gasteiger partial charge in [0.15, 0.2) is 0 Å². The minimum Gasteiger partial charge on any atom is -0.497 e. The van der Waals surface area contributed by atoms with E-state index in [4.69, 9.17) is 9.47 Å². The molecule has 1 fully saturated rings. The van der Waals surface area contributed by atoms with Crippen LogP contribution in [0, 0.1) is 0 Å². The van der Waals surface area contributed by atoms with Gasteiger partial charge in [-0.25, -0.2) is 0 Å². The number of hydrogen-bond donors (Lipinski definition) is 2. The molecule has 2 N–H and O–H groups in total. The van der Waals surface area contributed by atoms with Crippen LogP contribution in [0.2, 0.25) is 0 Å². The Morgan fingerprint density at radius 2 is 1.76 bits per heavy atom. The summed E-state index contributed by atoms with van der Waals surface area (Å²) in [6.45, 7) is 6.64. The normalized spacial score (nSPS) is 16.1. The van der Waals surface area contributed by atoms with Gasteiger partial charge in [0.05, 0.1) is 25.7 Å². The largest absolute Gasteiger partial charge is 0.497 e. The molecule has 156 valence electrons. The molecular formula is C24H31NO4. The lowest BCUT2D eigenvalue weighted by atomic mass is 9.85. The highest BCUT2D eigenvalue weighted by atomic mass is 16.5. The van der Waals surface area contributed by atoms with Crippen LogP contribution in [0.5, 0.6) is 11.5 Å². The molecule has 0 bridgehead atoms. The van der Waals surface area contributed by atoms with Gasteiger partial charge in [-0.2, -0.15) is 0 Å². The van der Waals surface area contributed by atoms with Crippen molar-refractivity contribution in [2.24, 2.45) is 0 Å². The number of methoxy groups -OCH3 is 2. The summed E-state index contributed by atoms with van der Waals surface area (Å²) < 4.78 is 10.6. The monoisotopic (exact) mass is 397 g/mol. The van der Waals surface area contributed by atoms with Crippen LogP contribution in [-0.2, 0) is 15.6 Å². The van der Waals surface area contributed by atoms with Crippen molar-refractivity contribution < 1.29 is 19.4 Å². The number of ether oxygens (including phenoxy) is 2. The van der Waals surface area contributed by atoms with E-state index in [1.165, 1.54) is 5.56 Å². The van der Waals surface area contributed by atoms with E-state index < -0.39 is 11.5 Å². The molecule has 2 aromatic rings. The maximum absolute atomic E-state index is 12.9.